The largest absolute Gasteiger partial charge is 0.497 e. The van der Waals surface area contributed by atoms with Crippen LogP contribution in [0.25, 0.3) is 0 Å². The van der Waals surface area contributed by atoms with Gasteiger partial charge in [-0.05, 0) is 37.3 Å². The molecule has 0 bridgehead atoms. The first-order valence-corrected chi connectivity index (χ1v) is 10.4. The van der Waals surface area contributed by atoms with E-state index < -0.39 is 14.9 Å². The van der Waals surface area contributed by atoms with Crippen molar-refractivity contribution in [2.45, 2.75) is 11.8 Å². The van der Waals surface area contributed by atoms with Crippen molar-refractivity contribution in [2.24, 2.45) is 0 Å². The predicted molar refractivity (Wildman–Crippen MR) is 107 cm³/mol. The summed E-state index contributed by atoms with van der Waals surface area (Å²) in [5.41, 5.74) is 1.15. The van der Waals surface area contributed by atoms with E-state index in [1.165, 1.54) is 29.6 Å². The third-order valence-electron chi connectivity index (χ3n) is 4.74. The number of hydrogen-bond donors (Lipinski definition) is 0. The molecule has 3 rings (SSSR count). The highest BCUT2D eigenvalue weighted by Gasteiger charge is 2.29. The molecule has 2 aromatic rings. The fourth-order valence-corrected chi connectivity index (χ4v) is 4.86. The Balaban J connectivity index is 1.75. The number of halogens is 1. The summed E-state index contributed by atoms with van der Waals surface area (Å²) in [6, 6.07) is 9.29. The Morgan fingerprint density at radius 3 is 2.25 bits per heavy atom. The summed E-state index contributed by atoms with van der Waals surface area (Å²) in [4.78, 5) is 12.7. The summed E-state index contributed by atoms with van der Waals surface area (Å²) in [5.74, 6) is 0.590. The van der Waals surface area contributed by atoms with Crippen LogP contribution in [0.1, 0.15) is 5.56 Å². The molecule has 1 saturated heterocycles. The fourth-order valence-electron chi connectivity index (χ4n) is 3.16. The van der Waals surface area contributed by atoms with Crippen LogP contribution < -0.4 is 9.64 Å². The molecular formula is C18H20ClN3O5S. The van der Waals surface area contributed by atoms with Crippen molar-refractivity contribution in [3.05, 3.63) is 57.1 Å². The van der Waals surface area contributed by atoms with Crippen LogP contribution in [0.4, 0.5) is 11.4 Å². The van der Waals surface area contributed by atoms with E-state index in [9.17, 15) is 18.5 Å². The van der Waals surface area contributed by atoms with Gasteiger partial charge < -0.3 is 9.64 Å². The molecule has 1 heterocycles. The zero-order valence-corrected chi connectivity index (χ0v) is 17.0. The number of hydrogen-bond acceptors (Lipinski definition) is 6. The van der Waals surface area contributed by atoms with Gasteiger partial charge in [0, 0.05) is 37.8 Å². The number of nitrogens with zero attached hydrogens (tertiary/aromatic N) is 3. The molecule has 0 unspecified atom stereocenters. The van der Waals surface area contributed by atoms with Gasteiger partial charge in [0.25, 0.3) is 5.69 Å². The Morgan fingerprint density at radius 2 is 1.71 bits per heavy atom. The Morgan fingerprint density at radius 1 is 1.11 bits per heavy atom. The second kappa shape index (κ2) is 7.94. The zero-order chi connectivity index (χ0) is 20.5. The van der Waals surface area contributed by atoms with Crippen LogP contribution in [0.5, 0.6) is 5.75 Å². The van der Waals surface area contributed by atoms with Crippen LogP contribution in [-0.4, -0.2) is 50.9 Å². The van der Waals surface area contributed by atoms with Gasteiger partial charge >= 0.3 is 0 Å². The van der Waals surface area contributed by atoms with Crippen molar-refractivity contribution in [1.82, 2.24) is 4.31 Å². The molecule has 2 aromatic carbocycles. The molecule has 8 nitrogen and oxygen atoms in total. The summed E-state index contributed by atoms with van der Waals surface area (Å²) >= 11 is 6.24. The average Bonchev–Trinajstić information content (AvgIpc) is 2.69. The Labute approximate surface area is 168 Å². The molecule has 1 fully saturated rings. The molecule has 1 aliphatic heterocycles. The van der Waals surface area contributed by atoms with E-state index in [0.29, 0.717) is 43.2 Å². The van der Waals surface area contributed by atoms with Crippen molar-refractivity contribution in [2.75, 3.05) is 38.2 Å². The van der Waals surface area contributed by atoms with E-state index in [1.807, 2.05) is 4.90 Å². The van der Waals surface area contributed by atoms with Crippen molar-refractivity contribution < 1.29 is 18.1 Å². The number of rotatable bonds is 5. The number of methoxy groups -OCH3 is 1. The number of ether oxygens (including phenoxy) is 1. The van der Waals surface area contributed by atoms with Gasteiger partial charge in [0.2, 0.25) is 10.0 Å². The number of aryl methyl sites for hydroxylation is 1. The van der Waals surface area contributed by atoms with Gasteiger partial charge in [0.05, 0.1) is 27.6 Å². The topological polar surface area (TPSA) is 93.0 Å². The molecule has 0 saturated carbocycles. The van der Waals surface area contributed by atoms with E-state index in [1.54, 1.807) is 25.1 Å². The van der Waals surface area contributed by atoms with Gasteiger partial charge in [-0.2, -0.15) is 4.31 Å². The molecule has 0 spiro atoms. The van der Waals surface area contributed by atoms with Crippen LogP contribution in [0.15, 0.2) is 41.3 Å². The van der Waals surface area contributed by atoms with E-state index in [4.69, 9.17) is 16.3 Å². The predicted octanol–water partition coefficient (Wildman–Crippen LogP) is 3.08. The maximum atomic E-state index is 12.8. The molecule has 0 aliphatic carbocycles. The van der Waals surface area contributed by atoms with Crippen LogP contribution in [0, 0.1) is 17.0 Å². The number of nitro benzene ring substituents is 1. The van der Waals surface area contributed by atoms with E-state index in [0.717, 1.165) is 0 Å². The molecule has 0 atom stereocenters. The number of benzene rings is 2. The van der Waals surface area contributed by atoms with Gasteiger partial charge in [0.15, 0.2) is 0 Å². The Bertz CT molecular complexity index is 987. The quantitative estimate of drug-likeness (QED) is 0.539. The van der Waals surface area contributed by atoms with E-state index >= 15 is 0 Å². The molecule has 150 valence electrons. The second-order valence-electron chi connectivity index (χ2n) is 6.41. The Kier molecular flexibility index (Phi) is 5.78. The number of piperazine rings is 1. The highest BCUT2D eigenvalue weighted by Crippen LogP contribution is 2.33. The van der Waals surface area contributed by atoms with Gasteiger partial charge in [-0.1, -0.05) is 11.6 Å². The number of sulfonamides is 1. The first-order valence-electron chi connectivity index (χ1n) is 8.57. The standard InChI is InChI=1S/C18H20ClN3O5S/c1-13-11-18(16(19)12-17(13)22(23)24)20-7-9-21(10-8-20)28(25,26)15-5-3-14(27-2)4-6-15/h3-6,11-12H,7-10H2,1-2H3. The van der Waals surface area contributed by atoms with Crippen molar-refractivity contribution in [1.29, 1.82) is 0 Å². The van der Waals surface area contributed by atoms with Crippen molar-refractivity contribution in [3.63, 3.8) is 0 Å². The molecule has 10 heteroatoms. The lowest BCUT2D eigenvalue weighted by atomic mass is 10.1. The zero-order valence-electron chi connectivity index (χ0n) is 15.5. The molecule has 1 aliphatic rings. The maximum absolute atomic E-state index is 12.8. The second-order valence-corrected chi connectivity index (χ2v) is 8.76. The van der Waals surface area contributed by atoms with E-state index in [2.05, 4.69) is 0 Å². The molecule has 28 heavy (non-hydrogen) atoms. The minimum Gasteiger partial charge on any atom is -0.497 e. The van der Waals surface area contributed by atoms with Crippen molar-refractivity contribution in [3.8, 4) is 5.75 Å². The summed E-state index contributed by atoms with van der Waals surface area (Å²) in [6.45, 7) is 3.11. The summed E-state index contributed by atoms with van der Waals surface area (Å²) in [7, 11) is -2.08. The SMILES string of the molecule is COc1ccc(S(=O)(=O)N2CCN(c3cc(C)c([N+](=O)[O-])cc3Cl)CC2)cc1. The lowest BCUT2D eigenvalue weighted by molar-refractivity contribution is -0.385. The number of anilines is 1. The summed E-state index contributed by atoms with van der Waals surface area (Å²) < 4.78 is 32.2. The molecule has 0 aromatic heterocycles. The van der Waals surface area contributed by atoms with Gasteiger partial charge in [0.1, 0.15) is 5.75 Å². The third kappa shape index (κ3) is 3.91. The van der Waals surface area contributed by atoms with Gasteiger partial charge in [-0.3, -0.25) is 10.1 Å². The monoisotopic (exact) mass is 425 g/mol. The first-order chi connectivity index (χ1) is 13.2. The smallest absolute Gasteiger partial charge is 0.273 e. The summed E-state index contributed by atoms with van der Waals surface area (Å²) in [6.07, 6.45) is 0. The van der Waals surface area contributed by atoms with E-state index in [-0.39, 0.29) is 15.6 Å². The lowest BCUT2D eigenvalue weighted by Gasteiger charge is -2.35. The van der Waals surface area contributed by atoms with Crippen LogP contribution in [-0.2, 0) is 10.0 Å². The maximum Gasteiger partial charge on any atom is 0.273 e. The molecule has 0 amide bonds. The summed E-state index contributed by atoms with van der Waals surface area (Å²) in [5, 5.41) is 11.3. The lowest BCUT2D eigenvalue weighted by Crippen LogP contribution is -2.48. The fraction of sp³-hybridized carbons (Fsp3) is 0.333. The minimum absolute atomic E-state index is 0.0329. The normalized spacial score (nSPS) is 15.5. The average molecular weight is 426 g/mol. The molecular weight excluding hydrogens is 406 g/mol. The first kappa shape index (κ1) is 20.4. The third-order valence-corrected chi connectivity index (χ3v) is 6.95. The number of nitro groups is 1. The molecule has 0 radical (unpaired) electrons. The van der Waals surface area contributed by atoms with Crippen LogP contribution >= 0.6 is 11.6 Å². The minimum atomic E-state index is -3.60. The molecule has 0 N–H and O–H groups in total. The van der Waals surface area contributed by atoms with Crippen molar-refractivity contribution >= 4 is 33.0 Å². The van der Waals surface area contributed by atoms with Gasteiger partial charge in [-0.15, -0.1) is 0 Å². The highest BCUT2D eigenvalue weighted by molar-refractivity contribution is 7.89. The van der Waals surface area contributed by atoms with Crippen LogP contribution in [0.3, 0.4) is 0 Å². The Hall–Kier alpha value is -2.36. The van der Waals surface area contributed by atoms with Crippen LogP contribution in [0.2, 0.25) is 5.02 Å². The van der Waals surface area contributed by atoms with Gasteiger partial charge in [-0.25, -0.2) is 8.42 Å². The highest BCUT2D eigenvalue weighted by atomic mass is 35.5.